The van der Waals surface area contributed by atoms with E-state index in [4.69, 9.17) is 9.84 Å². The monoisotopic (exact) mass is 307 g/mol. The van der Waals surface area contributed by atoms with Gasteiger partial charge in [0.05, 0.1) is 15.9 Å². The van der Waals surface area contributed by atoms with Gasteiger partial charge in [-0.2, -0.15) is 0 Å². The lowest BCUT2D eigenvalue weighted by Gasteiger charge is -2.23. The van der Waals surface area contributed by atoms with E-state index in [1.165, 1.54) is 11.3 Å². The minimum atomic E-state index is -0.166. The lowest BCUT2D eigenvalue weighted by Crippen LogP contribution is -2.36. The second-order valence-electron chi connectivity index (χ2n) is 5.06. The first kappa shape index (κ1) is 16.0. The number of carbonyl (C=O) groups is 1. The van der Waals surface area contributed by atoms with Crippen LogP contribution in [0.1, 0.15) is 39.9 Å². The first-order chi connectivity index (χ1) is 10.2. The summed E-state index contributed by atoms with van der Waals surface area (Å²) in [5.41, 5.74) is 0.984. The normalized spacial score (nSPS) is 17.4. The molecule has 0 bridgehead atoms. The van der Waals surface area contributed by atoms with Crippen molar-refractivity contribution in [1.82, 2.24) is 4.90 Å². The molecule has 1 fully saturated rings. The van der Waals surface area contributed by atoms with Gasteiger partial charge in [0, 0.05) is 19.7 Å². The van der Waals surface area contributed by atoms with Crippen molar-refractivity contribution in [2.75, 3.05) is 26.3 Å². The Labute approximate surface area is 129 Å². The van der Waals surface area contributed by atoms with E-state index in [9.17, 15) is 4.79 Å². The zero-order valence-corrected chi connectivity index (χ0v) is 13.3. The Morgan fingerprint density at radius 3 is 3.05 bits per heavy atom. The van der Waals surface area contributed by atoms with Crippen molar-refractivity contribution in [3.63, 3.8) is 0 Å². The van der Waals surface area contributed by atoms with Crippen LogP contribution in [0.15, 0.2) is 6.07 Å². The summed E-state index contributed by atoms with van der Waals surface area (Å²) in [5.74, 6) is 5.56. The van der Waals surface area contributed by atoms with Crippen molar-refractivity contribution in [2.45, 2.75) is 32.8 Å². The Morgan fingerprint density at radius 1 is 1.62 bits per heavy atom. The highest BCUT2D eigenvalue weighted by atomic mass is 32.1. The molecule has 0 aliphatic carbocycles. The van der Waals surface area contributed by atoms with Crippen molar-refractivity contribution >= 4 is 17.2 Å². The summed E-state index contributed by atoms with van der Waals surface area (Å²) in [6, 6.07) is 1.88. The third kappa shape index (κ3) is 4.07. The van der Waals surface area contributed by atoms with Crippen LogP contribution in [-0.4, -0.2) is 48.3 Å². The standard InChI is InChI=1S/C16H21NO3S/c1-3-17(11-13-6-5-9-20-13)16(19)15-10-12(2)14(21-15)7-4-8-18/h10,13,18H,3,5-6,8-9,11H2,1-2H3. The van der Waals surface area contributed by atoms with Gasteiger partial charge in [0.2, 0.25) is 0 Å². The van der Waals surface area contributed by atoms with E-state index in [-0.39, 0.29) is 18.6 Å². The van der Waals surface area contributed by atoms with E-state index in [0.717, 1.165) is 29.9 Å². The van der Waals surface area contributed by atoms with Crippen LogP contribution in [0.2, 0.25) is 0 Å². The Kier molecular flexibility index (Phi) is 5.80. The molecule has 21 heavy (non-hydrogen) atoms. The van der Waals surface area contributed by atoms with Crippen LogP contribution in [0.4, 0.5) is 0 Å². The Balaban J connectivity index is 2.09. The largest absolute Gasteiger partial charge is 0.384 e. The van der Waals surface area contributed by atoms with Gasteiger partial charge in [-0.05, 0) is 38.3 Å². The van der Waals surface area contributed by atoms with Crippen LogP contribution < -0.4 is 0 Å². The molecule has 1 aromatic rings. The van der Waals surface area contributed by atoms with Crippen LogP contribution >= 0.6 is 11.3 Å². The van der Waals surface area contributed by atoms with Gasteiger partial charge in [-0.15, -0.1) is 11.3 Å². The molecule has 1 amide bonds. The van der Waals surface area contributed by atoms with Crippen LogP contribution in [-0.2, 0) is 4.74 Å². The number of aliphatic hydroxyl groups is 1. The molecule has 0 aromatic carbocycles. The maximum Gasteiger partial charge on any atom is 0.264 e. The molecule has 5 heteroatoms. The summed E-state index contributed by atoms with van der Waals surface area (Å²) in [5, 5.41) is 8.76. The molecule has 1 unspecified atom stereocenters. The SMILES string of the molecule is CCN(CC1CCCO1)C(=O)c1cc(C)c(C#CCO)s1. The molecule has 114 valence electrons. The van der Waals surface area contributed by atoms with E-state index in [0.29, 0.717) is 18.0 Å². The number of hydrogen-bond acceptors (Lipinski definition) is 4. The van der Waals surface area contributed by atoms with Crippen molar-refractivity contribution in [2.24, 2.45) is 0 Å². The second kappa shape index (κ2) is 7.60. The van der Waals surface area contributed by atoms with Gasteiger partial charge in [-0.3, -0.25) is 4.79 Å². The fourth-order valence-corrected chi connectivity index (χ4v) is 3.39. The number of aryl methyl sites for hydroxylation is 1. The summed E-state index contributed by atoms with van der Waals surface area (Å²) in [7, 11) is 0. The van der Waals surface area contributed by atoms with Gasteiger partial charge in [0.25, 0.3) is 5.91 Å². The smallest absolute Gasteiger partial charge is 0.264 e. The quantitative estimate of drug-likeness (QED) is 0.866. The van der Waals surface area contributed by atoms with Crippen LogP contribution in [0.3, 0.4) is 0 Å². The van der Waals surface area contributed by atoms with E-state index in [2.05, 4.69) is 11.8 Å². The van der Waals surface area contributed by atoms with E-state index < -0.39 is 0 Å². The number of rotatable bonds is 4. The Hall–Kier alpha value is -1.35. The number of likely N-dealkylation sites (N-methyl/N-ethyl adjacent to an activating group) is 1. The maximum atomic E-state index is 12.6. The average Bonchev–Trinajstić information content (AvgIpc) is 3.11. The first-order valence-electron chi connectivity index (χ1n) is 7.26. The Bertz CT molecular complexity index is 550. The molecule has 1 aliphatic rings. The molecule has 2 heterocycles. The van der Waals surface area contributed by atoms with Crippen LogP contribution in [0.5, 0.6) is 0 Å². The number of nitrogens with zero attached hydrogens (tertiary/aromatic N) is 1. The fourth-order valence-electron chi connectivity index (χ4n) is 2.38. The highest BCUT2D eigenvalue weighted by Crippen LogP contribution is 2.23. The van der Waals surface area contributed by atoms with Crippen molar-refractivity contribution < 1.29 is 14.6 Å². The summed E-state index contributed by atoms with van der Waals surface area (Å²) in [6.07, 6.45) is 2.28. The zero-order valence-electron chi connectivity index (χ0n) is 12.5. The van der Waals surface area contributed by atoms with Gasteiger partial charge < -0.3 is 14.7 Å². The molecule has 0 radical (unpaired) electrons. The van der Waals surface area contributed by atoms with Gasteiger partial charge in [-0.1, -0.05) is 11.8 Å². The van der Waals surface area contributed by atoms with Gasteiger partial charge >= 0.3 is 0 Å². The van der Waals surface area contributed by atoms with Gasteiger partial charge in [-0.25, -0.2) is 0 Å². The lowest BCUT2D eigenvalue weighted by atomic mass is 10.2. The van der Waals surface area contributed by atoms with Gasteiger partial charge in [0.1, 0.15) is 6.61 Å². The summed E-state index contributed by atoms with van der Waals surface area (Å²) in [6.45, 7) is 5.89. The van der Waals surface area contributed by atoms with E-state index in [1.807, 2.05) is 24.8 Å². The number of hydrogen-bond donors (Lipinski definition) is 1. The molecule has 1 aliphatic heterocycles. The molecule has 1 aromatic heterocycles. The first-order valence-corrected chi connectivity index (χ1v) is 8.08. The number of amides is 1. The molecule has 1 N–H and O–H groups in total. The van der Waals surface area contributed by atoms with E-state index in [1.54, 1.807) is 0 Å². The highest BCUT2D eigenvalue weighted by molar-refractivity contribution is 7.14. The topological polar surface area (TPSA) is 49.8 Å². The molecule has 2 rings (SSSR count). The zero-order chi connectivity index (χ0) is 15.2. The van der Waals surface area contributed by atoms with Gasteiger partial charge in [0.15, 0.2) is 0 Å². The molecule has 0 saturated carbocycles. The van der Waals surface area contributed by atoms with Crippen molar-refractivity contribution in [3.05, 3.63) is 21.4 Å². The number of thiophene rings is 1. The fraction of sp³-hybridized carbons (Fsp3) is 0.562. The minimum absolute atomic E-state index is 0.0400. The van der Waals surface area contributed by atoms with Crippen molar-refractivity contribution in [3.8, 4) is 11.8 Å². The molecule has 4 nitrogen and oxygen atoms in total. The molecular formula is C16H21NO3S. The predicted molar refractivity (Wildman–Crippen MR) is 83.6 cm³/mol. The predicted octanol–water partition coefficient (Wildman–Crippen LogP) is 2.04. The highest BCUT2D eigenvalue weighted by Gasteiger charge is 2.23. The summed E-state index contributed by atoms with van der Waals surface area (Å²) >= 11 is 1.39. The third-order valence-corrected chi connectivity index (χ3v) is 4.67. The van der Waals surface area contributed by atoms with Crippen molar-refractivity contribution in [1.29, 1.82) is 0 Å². The lowest BCUT2D eigenvalue weighted by molar-refractivity contribution is 0.0543. The Morgan fingerprint density at radius 2 is 2.43 bits per heavy atom. The molecule has 1 saturated heterocycles. The molecule has 1 atom stereocenters. The summed E-state index contributed by atoms with van der Waals surface area (Å²) in [4.78, 5) is 16.0. The summed E-state index contributed by atoms with van der Waals surface area (Å²) < 4.78 is 5.61. The van der Waals surface area contributed by atoms with Crippen LogP contribution in [0, 0.1) is 18.8 Å². The maximum absolute atomic E-state index is 12.6. The third-order valence-electron chi connectivity index (χ3n) is 3.53. The van der Waals surface area contributed by atoms with Crippen LogP contribution in [0.25, 0.3) is 0 Å². The minimum Gasteiger partial charge on any atom is -0.384 e. The number of carbonyl (C=O) groups excluding carboxylic acids is 1. The molecular weight excluding hydrogens is 286 g/mol. The van der Waals surface area contributed by atoms with E-state index >= 15 is 0 Å². The number of ether oxygens (including phenoxy) is 1. The second-order valence-corrected chi connectivity index (χ2v) is 6.11. The number of aliphatic hydroxyl groups excluding tert-OH is 1. The average molecular weight is 307 g/mol. The molecule has 0 spiro atoms.